The molecule has 4 atom stereocenters. The number of carbonyl (C=O) groups excluding carboxylic acids is 3. The summed E-state index contributed by atoms with van der Waals surface area (Å²) in [6.07, 6.45) is 4.33. The largest absolute Gasteiger partial charge is 0.465 e. The van der Waals surface area contributed by atoms with Gasteiger partial charge in [-0.1, -0.05) is 76.2 Å². The molecule has 3 aliphatic rings. The average Bonchev–Trinajstić information content (AvgIpc) is 4.02. The van der Waals surface area contributed by atoms with Crippen molar-refractivity contribution in [3.8, 4) is 33.6 Å². The van der Waals surface area contributed by atoms with Crippen LogP contribution in [0.2, 0.25) is 0 Å². The summed E-state index contributed by atoms with van der Waals surface area (Å²) in [4.78, 5) is 72.6. The number of carboxylic acid groups (broad SMARTS) is 1. The number of hydrogen-bond donors (Lipinski definition) is 5. The van der Waals surface area contributed by atoms with Gasteiger partial charge in [-0.05, 0) is 42.2 Å². The van der Waals surface area contributed by atoms with Gasteiger partial charge in [0.15, 0.2) is 0 Å². The van der Waals surface area contributed by atoms with E-state index in [1.807, 2.05) is 69.3 Å². The summed E-state index contributed by atoms with van der Waals surface area (Å²) in [7, 11) is 2.74. The van der Waals surface area contributed by atoms with Crippen molar-refractivity contribution in [2.75, 3.05) is 40.3 Å². The molecule has 3 fully saturated rings. The third-order valence-electron chi connectivity index (χ3n) is 11.8. The molecular formula is C42H53N9O6. The van der Waals surface area contributed by atoms with E-state index < -0.39 is 24.3 Å². The van der Waals surface area contributed by atoms with Crippen molar-refractivity contribution in [1.29, 1.82) is 0 Å². The van der Waals surface area contributed by atoms with Crippen molar-refractivity contribution in [1.82, 2.24) is 45.3 Å². The predicted octanol–water partition coefficient (Wildman–Crippen LogP) is 5.68. The number of alkyl carbamates (subject to hydrolysis) is 1. The van der Waals surface area contributed by atoms with Gasteiger partial charge in [0.25, 0.3) is 0 Å². The maximum Gasteiger partial charge on any atom is 0.407 e. The monoisotopic (exact) mass is 779 g/mol. The van der Waals surface area contributed by atoms with Crippen molar-refractivity contribution in [3.05, 3.63) is 72.6 Å². The van der Waals surface area contributed by atoms with Crippen LogP contribution in [0.3, 0.4) is 0 Å². The fourth-order valence-electron chi connectivity index (χ4n) is 8.62. The molecule has 15 nitrogen and oxygen atoms in total. The third-order valence-corrected chi connectivity index (χ3v) is 11.8. The first-order valence-corrected chi connectivity index (χ1v) is 19.7. The minimum Gasteiger partial charge on any atom is -0.465 e. The number of aromatic nitrogens is 4. The van der Waals surface area contributed by atoms with E-state index in [1.165, 1.54) is 14.2 Å². The van der Waals surface area contributed by atoms with E-state index in [-0.39, 0.29) is 41.1 Å². The fourth-order valence-corrected chi connectivity index (χ4v) is 8.62. The lowest BCUT2D eigenvalue weighted by Crippen LogP contribution is -2.56. The molecule has 7 rings (SSSR count). The number of hydrogen-bond acceptors (Lipinski definition) is 8. The second-order valence-electron chi connectivity index (χ2n) is 16.4. The van der Waals surface area contributed by atoms with Crippen molar-refractivity contribution in [3.63, 3.8) is 0 Å². The number of benzene rings is 2. The zero-order valence-electron chi connectivity index (χ0n) is 33.4. The Morgan fingerprint density at radius 2 is 1.37 bits per heavy atom. The van der Waals surface area contributed by atoms with Gasteiger partial charge in [0.1, 0.15) is 23.7 Å². The van der Waals surface area contributed by atoms with Gasteiger partial charge < -0.3 is 40.2 Å². The van der Waals surface area contributed by atoms with E-state index in [9.17, 15) is 24.3 Å². The van der Waals surface area contributed by atoms with Crippen LogP contribution in [0, 0.1) is 17.3 Å². The van der Waals surface area contributed by atoms with Crippen molar-refractivity contribution < 1.29 is 29.0 Å². The number of aromatic amines is 2. The number of rotatable bonds is 11. The van der Waals surface area contributed by atoms with Crippen LogP contribution >= 0.6 is 0 Å². The Bertz CT molecular complexity index is 2090. The first-order valence-electron chi connectivity index (χ1n) is 19.7. The van der Waals surface area contributed by atoms with E-state index >= 15 is 0 Å². The summed E-state index contributed by atoms with van der Waals surface area (Å²) in [5.74, 6) is 0.782. The van der Waals surface area contributed by atoms with Gasteiger partial charge in [0, 0.05) is 62.2 Å². The van der Waals surface area contributed by atoms with Crippen LogP contribution in [0.1, 0.15) is 70.7 Å². The van der Waals surface area contributed by atoms with Crippen LogP contribution in [0.5, 0.6) is 0 Å². The molecule has 0 aliphatic carbocycles. The summed E-state index contributed by atoms with van der Waals surface area (Å²) in [6.45, 7) is 10.4. The van der Waals surface area contributed by atoms with Crippen LogP contribution in [0.15, 0.2) is 60.9 Å². The Hall–Kier alpha value is -5.70. The van der Waals surface area contributed by atoms with Crippen molar-refractivity contribution in [2.45, 2.75) is 71.1 Å². The lowest BCUT2D eigenvalue weighted by molar-refractivity contribution is -0.138. The van der Waals surface area contributed by atoms with E-state index in [4.69, 9.17) is 14.7 Å². The molecule has 4 amide bonds. The van der Waals surface area contributed by atoms with Gasteiger partial charge >= 0.3 is 12.2 Å². The molecule has 15 heteroatoms. The smallest absolute Gasteiger partial charge is 0.407 e. The number of carbonyl (C=O) groups is 4. The van der Waals surface area contributed by atoms with E-state index in [0.717, 1.165) is 76.7 Å². The Kier molecular flexibility index (Phi) is 11.1. The van der Waals surface area contributed by atoms with Crippen LogP contribution in [0.4, 0.5) is 9.59 Å². The number of likely N-dealkylation sites (tertiary alicyclic amines) is 2. The van der Waals surface area contributed by atoms with Gasteiger partial charge in [0.05, 0.1) is 30.6 Å². The number of nitrogens with zero attached hydrogens (tertiary/aromatic N) is 5. The molecule has 0 radical (unpaired) electrons. The quantitative estimate of drug-likeness (QED) is 0.128. The van der Waals surface area contributed by atoms with Gasteiger partial charge in [0.2, 0.25) is 11.8 Å². The molecule has 5 heterocycles. The van der Waals surface area contributed by atoms with Crippen LogP contribution in [0.25, 0.3) is 33.6 Å². The highest BCUT2D eigenvalue weighted by Crippen LogP contribution is 2.45. The lowest BCUT2D eigenvalue weighted by atomic mass is 9.79. The fraction of sp³-hybridized carbons (Fsp3) is 0.476. The maximum atomic E-state index is 13.9. The molecule has 5 N–H and O–H groups in total. The minimum atomic E-state index is -1.13. The zero-order chi connectivity index (χ0) is 40.6. The molecule has 1 spiro atoms. The zero-order valence-corrected chi connectivity index (χ0v) is 33.4. The Morgan fingerprint density at radius 1 is 0.825 bits per heavy atom. The normalized spacial score (nSPS) is 19.8. The third kappa shape index (κ3) is 7.85. The topological polar surface area (TPSA) is 189 Å². The number of methoxy groups -OCH3 is 1. The number of nitrogens with one attached hydrogen (secondary N) is 4. The van der Waals surface area contributed by atoms with Crippen molar-refractivity contribution >= 4 is 24.0 Å². The molecule has 0 bridgehead atoms. The molecule has 3 saturated heterocycles. The van der Waals surface area contributed by atoms with Crippen LogP contribution in [-0.4, -0.2) is 116 Å². The second kappa shape index (κ2) is 16.0. The van der Waals surface area contributed by atoms with Gasteiger partial charge in [-0.3, -0.25) is 14.5 Å². The van der Waals surface area contributed by atoms with Crippen LogP contribution in [-0.2, 0) is 14.3 Å². The lowest BCUT2D eigenvalue weighted by Gasteiger charge is -2.39. The van der Waals surface area contributed by atoms with Gasteiger partial charge in [-0.25, -0.2) is 19.6 Å². The number of imidazole rings is 2. The molecule has 1 unspecified atom stereocenters. The highest BCUT2D eigenvalue weighted by atomic mass is 16.5. The van der Waals surface area contributed by atoms with E-state index in [0.29, 0.717) is 18.9 Å². The van der Waals surface area contributed by atoms with Crippen LogP contribution < -0.4 is 10.6 Å². The molecule has 2 aromatic carbocycles. The maximum absolute atomic E-state index is 13.9. The first-order chi connectivity index (χ1) is 27.3. The molecule has 57 heavy (non-hydrogen) atoms. The molecule has 4 aromatic rings. The Balaban J connectivity index is 1.03. The van der Waals surface area contributed by atoms with Crippen molar-refractivity contribution in [2.24, 2.45) is 17.3 Å². The first kappa shape index (κ1) is 39.5. The average molecular weight is 780 g/mol. The predicted molar refractivity (Wildman–Crippen MR) is 214 cm³/mol. The molecule has 0 saturated carbocycles. The summed E-state index contributed by atoms with van der Waals surface area (Å²) in [5.41, 5.74) is 5.49. The minimum absolute atomic E-state index is 0.0201. The van der Waals surface area contributed by atoms with Gasteiger partial charge in [-0.2, -0.15) is 0 Å². The molecule has 302 valence electrons. The van der Waals surface area contributed by atoms with Gasteiger partial charge in [-0.15, -0.1) is 0 Å². The molecular weight excluding hydrogens is 727 g/mol. The second-order valence-corrected chi connectivity index (χ2v) is 16.4. The highest BCUT2D eigenvalue weighted by Gasteiger charge is 2.52. The summed E-state index contributed by atoms with van der Waals surface area (Å²) in [5, 5.41) is 15.7. The SMILES string of the molecule is COC(=O)N[C@H](C(=O)N1CC2(CNC2)CC1c1nc(-c2ccc(-c3ccc(-c4c[nH]c([C@@H]5CCCN5C(=O)[C@H](C(C)C)N(C)C(=O)O)n4)cc3)cc2)c[nH]1)C(C)C. The summed E-state index contributed by atoms with van der Waals surface area (Å²) >= 11 is 0. The Labute approximate surface area is 332 Å². The van der Waals surface area contributed by atoms with E-state index in [2.05, 4.69) is 44.9 Å². The molecule has 2 aromatic heterocycles. The number of ether oxygens (including phenoxy) is 1. The number of amides is 4. The highest BCUT2D eigenvalue weighted by molar-refractivity contribution is 5.87. The summed E-state index contributed by atoms with van der Waals surface area (Å²) in [6, 6.07) is 14.4. The summed E-state index contributed by atoms with van der Waals surface area (Å²) < 4.78 is 4.81. The number of H-pyrrole nitrogens is 2. The van der Waals surface area contributed by atoms with E-state index in [1.54, 1.807) is 4.90 Å². The molecule has 3 aliphatic heterocycles. The Morgan fingerprint density at radius 3 is 1.84 bits per heavy atom. The standard InChI is InChI=1S/C42H53N9O6/c1-24(2)34(48-40(54)57-6)38(52)51-23-42(21-43-22-42)18-33(51)37-45-20-31(47-37)29-15-11-27(12-16-29)26-9-13-28(14-10-26)30-19-44-36(46-30)32-8-7-17-50(32)39(53)35(25(3)4)49(5)41(55)56/h9-16,19-20,24-25,32-35,43H,7-8,17-18,21-23H2,1-6H3,(H,44,46)(H,45,47)(H,48,54)(H,55,56)/t32-,33?,34-,35-/m0/s1. The number of likely N-dealkylation sites (N-methyl/N-ethyl adjacent to an activating group) is 1.